The van der Waals surface area contributed by atoms with Gasteiger partial charge < -0.3 is 19.6 Å². The highest BCUT2D eigenvalue weighted by Crippen LogP contribution is 2.20. The lowest BCUT2D eigenvalue weighted by atomic mass is 10.1. The van der Waals surface area contributed by atoms with E-state index in [-0.39, 0.29) is 0 Å². The Labute approximate surface area is 299 Å². The molecule has 0 aliphatic heterocycles. The van der Waals surface area contributed by atoms with Crippen LogP contribution >= 0.6 is 0 Å². The number of guanidine groups is 2. The predicted octanol–water partition coefficient (Wildman–Crippen LogP) is 11.6. The summed E-state index contributed by atoms with van der Waals surface area (Å²) in [5.74, 6) is 2.24. The summed E-state index contributed by atoms with van der Waals surface area (Å²) in [6, 6.07) is 2.63. The molecule has 282 valence electrons. The largest absolute Gasteiger partial charge is 0.350 e. The Morgan fingerprint density at radius 2 is 0.532 bits per heavy atom. The molecule has 0 atom stereocenters. The van der Waals surface area contributed by atoms with E-state index in [9.17, 15) is 0 Å². The minimum atomic E-state index is -1.48. The fourth-order valence-corrected chi connectivity index (χ4v) is 10.5. The molecule has 0 aliphatic carbocycles. The second kappa shape index (κ2) is 29.9. The molecule has 0 aliphatic rings. The molecule has 0 aromatic heterocycles. The van der Waals surface area contributed by atoms with Gasteiger partial charge in [-0.15, -0.1) is 0 Å². The number of hydrogen-bond donors (Lipinski definition) is 0. The first-order valence-corrected chi connectivity index (χ1v) is 26.3. The van der Waals surface area contributed by atoms with Crippen LogP contribution in [0.25, 0.3) is 0 Å². The maximum absolute atomic E-state index is 5.10. The van der Waals surface area contributed by atoms with Gasteiger partial charge in [0.15, 0.2) is 28.4 Å². The summed E-state index contributed by atoms with van der Waals surface area (Å²) >= 11 is 0. The highest BCUT2D eigenvalue weighted by Gasteiger charge is 2.23. The lowest BCUT2D eigenvalue weighted by molar-refractivity contribution is 0.485. The average molecular weight is 697 g/mol. The van der Waals surface area contributed by atoms with Crippen molar-refractivity contribution in [2.45, 2.75) is 187 Å². The van der Waals surface area contributed by atoms with Gasteiger partial charge in [0.05, 0.1) is 0 Å². The van der Waals surface area contributed by atoms with Crippen molar-refractivity contribution in [3.8, 4) is 0 Å². The van der Waals surface area contributed by atoms with Gasteiger partial charge in [-0.3, -0.25) is 9.32 Å². The molecule has 0 unspecified atom stereocenters. The molecule has 0 aromatic carbocycles. The molecule has 8 heteroatoms. The van der Waals surface area contributed by atoms with Crippen molar-refractivity contribution in [3.05, 3.63) is 0 Å². The van der Waals surface area contributed by atoms with Gasteiger partial charge in [0.2, 0.25) is 0 Å². The highest BCUT2D eigenvalue weighted by atomic mass is 28.3. The van der Waals surface area contributed by atoms with Crippen LogP contribution in [-0.2, 0) is 0 Å². The summed E-state index contributed by atoms with van der Waals surface area (Å²) < 4.78 is 10.2. The standard InChI is InChI=1S/C20H45N3Si.C19H43N3Si/c1-8-9-10-11-12-13-14-15-16-17-18-19-24(6,7)21-20(22(2)3)23(4)5;1-8-9-10-11-12-13-14-15-16-17-18-23(6,7)20-19(21(2)3)22(4)5/h8-19H2,1-7H3;8-18H2,1-7H3. The zero-order valence-corrected chi connectivity index (χ0v) is 36.9. The van der Waals surface area contributed by atoms with E-state index in [2.05, 4.69) is 116 Å². The molecule has 0 spiro atoms. The van der Waals surface area contributed by atoms with Gasteiger partial charge in [-0.25, -0.2) is 0 Å². The topological polar surface area (TPSA) is 37.7 Å². The Morgan fingerprint density at radius 1 is 0.340 bits per heavy atom. The Morgan fingerprint density at radius 3 is 0.723 bits per heavy atom. The van der Waals surface area contributed by atoms with E-state index >= 15 is 0 Å². The smallest absolute Gasteiger partial charge is 0.186 e. The van der Waals surface area contributed by atoms with Gasteiger partial charge in [-0.05, 0) is 38.3 Å². The van der Waals surface area contributed by atoms with Crippen molar-refractivity contribution < 1.29 is 0 Å². The van der Waals surface area contributed by atoms with Gasteiger partial charge in [-0.1, -0.05) is 149 Å². The molecule has 0 bridgehead atoms. The molecule has 0 amide bonds. The van der Waals surface area contributed by atoms with Crippen molar-refractivity contribution in [3.63, 3.8) is 0 Å². The third-order valence-electron chi connectivity index (χ3n) is 8.94. The molecule has 0 rings (SSSR count). The van der Waals surface area contributed by atoms with Gasteiger partial charge >= 0.3 is 0 Å². The predicted molar refractivity (Wildman–Crippen MR) is 223 cm³/mol. The summed E-state index contributed by atoms with van der Waals surface area (Å²) in [7, 11) is 13.7. The van der Waals surface area contributed by atoms with E-state index in [1.54, 1.807) is 0 Å². The molecule has 47 heavy (non-hydrogen) atoms. The van der Waals surface area contributed by atoms with Crippen molar-refractivity contribution >= 4 is 28.4 Å². The SMILES string of the molecule is CCCCCCCCCCCCC[Si](C)(C)N=C(N(C)C)N(C)C.CCCCCCCCCCCC[Si](C)(C)N=C(N(C)C)N(C)C. The Kier molecular flexibility index (Phi) is 30.5. The fourth-order valence-electron chi connectivity index (χ4n) is 6.12. The summed E-state index contributed by atoms with van der Waals surface area (Å²) in [6.45, 7) is 14.2. The molecular weight excluding hydrogens is 609 g/mol. The van der Waals surface area contributed by atoms with E-state index in [0.717, 1.165) is 11.9 Å². The Bertz CT molecular complexity index is 743. The third kappa shape index (κ3) is 30.7. The van der Waals surface area contributed by atoms with Crippen molar-refractivity contribution in [1.82, 2.24) is 19.6 Å². The van der Waals surface area contributed by atoms with Crippen LogP contribution in [0.2, 0.25) is 38.3 Å². The van der Waals surface area contributed by atoms with Crippen molar-refractivity contribution in [1.29, 1.82) is 0 Å². The van der Waals surface area contributed by atoms with Crippen LogP contribution in [0.5, 0.6) is 0 Å². The maximum atomic E-state index is 5.10. The average Bonchev–Trinajstić information content (AvgIpc) is 2.98. The Hall–Kier alpha value is -1.03. The molecule has 6 nitrogen and oxygen atoms in total. The molecule has 0 saturated heterocycles. The first kappa shape index (κ1) is 48.1. The van der Waals surface area contributed by atoms with Crippen LogP contribution in [-0.4, -0.2) is 104 Å². The van der Waals surface area contributed by atoms with E-state index in [4.69, 9.17) is 9.32 Å². The quantitative estimate of drug-likeness (QED) is 0.0412. The van der Waals surface area contributed by atoms with Gasteiger partial charge in [0.25, 0.3) is 0 Å². The Balaban J connectivity index is 0. The third-order valence-corrected chi connectivity index (χ3v) is 13.7. The summed E-state index contributed by atoms with van der Waals surface area (Å²) in [6.07, 6.45) is 29.7. The van der Waals surface area contributed by atoms with Crippen LogP contribution in [0, 0.1) is 0 Å². The summed E-state index contributed by atoms with van der Waals surface area (Å²) in [4.78, 5) is 8.53. The van der Waals surface area contributed by atoms with E-state index in [0.29, 0.717) is 0 Å². The normalized spacial score (nSPS) is 11.4. The maximum Gasteiger partial charge on any atom is 0.186 e. The molecular formula is C39H88N6Si2. The van der Waals surface area contributed by atoms with E-state index in [1.165, 1.54) is 147 Å². The molecule has 0 fully saturated rings. The van der Waals surface area contributed by atoms with Crippen molar-refractivity contribution in [2.24, 2.45) is 9.32 Å². The number of unbranched alkanes of at least 4 members (excludes halogenated alkanes) is 19. The van der Waals surface area contributed by atoms with Crippen LogP contribution in [0.1, 0.15) is 149 Å². The zero-order chi connectivity index (χ0) is 36.1. The molecule has 0 aromatic rings. The zero-order valence-electron chi connectivity index (χ0n) is 34.9. The second-order valence-electron chi connectivity index (χ2n) is 16.2. The first-order chi connectivity index (χ1) is 22.1. The number of rotatable bonds is 25. The monoisotopic (exact) mass is 697 g/mol. The second-order valence-corrected chi connectivity index (χ2v) is 24.9. The minimum Gasteiger partial charge on any atom is -0.350 e. The van der Waals surface area contributed by atoms with E-state index in [1.807, 2.05) is 0 Å². The molecule has 0 radical (unpaired) electrons. The van der Waals surface area contributed by atoms with E-state index < -0.39 is 16.5 Å². The van der Waals surface area contributed by atoms with Crippen LogP contribution in [0.4, 0.5) is 0 Å². The van der Waals surface area contributed by atoms with Gasteiger partial charge in [0.1, 0.15) is 0 Å². The number of nitrogens with zero attached hydrogens (tertiary/aromatic N) is 6. The summed E-state index contributed by atoms with van der Waals surface area (Å²) in [5.41, 5.74) is 0. The van der Waals surface area contributed by atoms with Crippen LogP contribution in [0.3, 0.4) is 0 Å². The van der Waals surface area contributed by atoms with Crippen molar-refractivity contribution in [2.75, 3.05) is 56.4 Å². The van der Waals surface area contributed by atoms with Gasteiger partial charge in [-0.2, -0.15) is 0 Å². The lowest BCUT2D eigenvalue weighted by Gasteiger charge is -2.27. The number of hydrogen-bond acceptors (Lipinski definition) is 2. The fraction of sp³-hybridized carbons (Fsp3) is 0.949. The molecule has 0 heterocycles. The lowest BCUT2D eigenvalue weighted by Crippen LogP contribution is -2.39. The minimum absolute atomic E-state index is 1.12. The summed E-state index contributed by atoms with van der Waals surface area (Å²) in [5, 5.41) is 0. The van der Waals surface area contributed by atoms with Crippen LogP contribution < -0.4 is 0 Å². The molecule has 0 N–H and O–H groups in total. The van der Waals surface area contributed by atoms with Crippen LogP contribution in [0.15, 0.2) is 9.32 Å². The highest BCUT2D eigenvalue weighted by molar-refractivity contribution is 6.77. The molecule has 0 saturated carbocycles. The first-order valence-electron chi connectivity index (χ1n) is 20.0. The van der Waals surface area contributed by atoms with Gasteiger partial charge in [0, 0.05) is 56.4 Å².